The maximum Gasteiger partial charge on any atom is 0.338 e. The van der Waals surface area contributed by atoms with Gasteiger partial charge in [-0.1, -0.05) is 18.6 Å². The number of carbonyl (C=O) groups is 2. The molecule has 1 atom stereocenters. The number of nitrogens with one attached hydrogen (secondary N) is 1. The molecule has 0 bridgehead atoms. The molecule has 1 fully saturated rings. The Morgan fingerprint density at radius 1 is 1.29 bits per heavy atom. The normalized spacial score (nSPS) is 20.7. The molecule has 1 amide bonds. The Morgan fingerprint density at radius 3 is 2.62 bits per heavy atom. The van der Waals surface area contributed by atoms with Crippen molar-refractivity contribution in [2.45, 2.75) is 31.4 Å². The van der Waals surface area contributed by atoms with E-state index < -0.39 is 27.0 Å². The molecule has 2 rings (SSSR count). The van der Waals surface area contributed by atoms with Crippen LogP contribution in [0.5, 0.6) is 0 Å². The minimum Gasteiger partial charge on any atom is -0.478 e. The van der Waals surface area contributed by atoms with Crippen molar-refractivity contribution in [2.24, 2.45) is 0 Å². The molecule has 1 unspecified atom stereocenters. The second-order valence-corrected chi connectivity index (χ2v) is 7.45. The van der Waals surface area contributed by atoms with Gasteiger partial charge in [0.1, 0.15) is 5.25 Å². The van der Waals surface area contributed by atoms with E-state index in [1.165, 1.54) is 6.07 Å². The van der Waals surface area contributed by atoms with Crippen LogP contribution in [0, 0.1) is 6.92 Å². The van der Waals surface area contributed by atoms with E-state index in [1.54, 1.807) is 19.1 Å². The van der Waals surface area contributed by atoms with Gasteiger partial charge in [0.2, 0.25) is 5.91 Å². The topological polar surface area (TPSA) is 101 Å². The fraction of sp³-hybridized carbons (Fsp3) is 0.429. The molecule has 1 aromatic rings. The molecule has 0 radical (unpaired) electrons. The summed E-state index contributed by atoms with van der Waals surface area (Å²) in [5.74, 6) is -1.80. The Kier molecular flexibility index (Phi) is 4.32. The molecular weight excluding hydrogens is 294 g/mol. The first-order valence-corrected chi connectivity index (χ1v) is 8.40. The number of carbonyl (C=O) groups excluding carboxylic acids is 1. The number of hydrogen-bond donors (Lipinski definition) is 2. The lowest BCUT2D eigenvalue weighted by molar-refractivity contribution is -0.116. The molecule has 2 N–H and O–H groups in total. The number of aromatic carboxylic acids is 1. The standard InChI is InChI=1S/C14H17NO5S/c1-9-5-4-6-10(12(9)14(17)18)15-13(16)11-7-2-3-8-21(11,19)20/h4-6,11H,2-3,7-8H2,1H3,(H,15,16)(H,17,18). The zero-order chi connectivity index (χ0) is 15.6. The summed E-state index contributed by atoms with van der Waals surface area (Å²) in [5, 5.41) is 10.6. The van der Waals surface area contributed by atoms with E-state index >= 15 is 0 Å². The number of amides is 1. The van der Waals surface area contributed by atoms with E-state index in [0.717, 1.165) is 0 Å². The average Bonchev–Trinajstić information content (AvgIpc) is 2.37. The number of benzene rings is 1. The highest BCUT2D eigenvalue weighted by Crippen LogP contribution is 2.24. The molecular formula is C14H17NO5S. The van der Waals surface area contributed by atoms with E-state index in [2.05, 4.69) is 5.32 Å². The average molecular weight is 311 g/mol. The van der Waals surface area contributed by atoms with Crippen LogP contribution in [0.15, 0.2) is 18.2 Å². The maximum absolute atomic E-state index is 12.2. The number of carboxylic acid groups (broad SMARTS) is 1. The van der Waals surface area contributed by atoms with Crippen molar-refractivity contribution in [3.63, 3.8) is 0 Å². The van der Waals surface area contributed by atoms with Gasteiger partial charge in [0.15, 0.2) is 9.84 Å². The molecule has 6 nitrogen and oxygen atoms in total. The van der Waals surface area contributed by atoms with Crippen LogP contribution in [-0.4, -0.2) is 36.4 Å². The third-order valence-electron chi connectivity index (χ3n) is 3.62. The third kappa shape index (κ3) is 3.24. The zero-order valence-electron chi connectivity index (χ0n) is 11.6. The van der Waals surface area contributed by atoms with Gasteiger partial charge < -0.3 is 10.4 Å². The Morgan fingerprint density at radius 2 is 2.00 bits per heavy atom. The van der Waals surface area contributed by atoms with Crippen LogP contribution in [0.4, 0.5) is 5.69 Å². The number of anilines is 1. The Labute approximate surface area is 123 Å². The van der Waals surface area contributed by atoms with Crippen LogP contribution in [0.25, 0.3) is 0 Å². The summed E-state index contributed by atoms with van der Waals surface area (Å²) in [5.41, 5.74) is 0.624. The first kappa shape index (κ1) is 15.5. The number of carboxylic acids is 1. The lowest BCUT2D eigenvalue weighted by Crippen LogP contribution is -2.39. The zero-order valence-corrected chi connectivity index (χ0v) is 12.4. The van der Waals surface area contributed by atoms with E-state index in [1.807, 2.05) is 0 Å². The summed E-state index contributed by atoms with van der Waals surface area (Å²) >= 11 is 0. The Hall–Kier alpha value is -1.89. The van der Waals surface area contributed by atoms with Crippen molar-refractivity contribution in [3.8, 4) is 0 Å². The summed E-state index contributed by atoms with van der Waals surface area (Å²) < 4.78 is 23.8. The molecule has 0 aromatic heterocycles. The van der Waals surface area contributed by atoms with Gasteiger partial charge in [-0.05, 0) is 31.4 Å². The fourth-order valence-electron chi connectivity index (χ4n) is 2.52. The highest BCUT2D eigenvalue weighted by molar-refractivity contribution is 7.92. The second kappa shape index (κ2) is 5.85. The summed E-state index contributed by atoms with van der Waals surface area (Å²) in [6.07, 6.45) is 1.52. The van der Waals surface area contributed by atoms with Gasteiger partial charge >= 0.3 is 5.97 Å². The molecule has 0 spiro atoms. The number of rotatable bonds is 3. The number of hydrogen-bond acceptors (Lipinski definition) is 4. The van der Waals surface area contributed by atoms with Crippen molar-refractivity contribution in [2.75, 3.05) is 11.1 Å². The van der Waals surface area contributed by atoms with Crippen LogP contribution >= 0.6 is 0 Å². The molecule has 21 heavy (non-hydrogen) atoms. The predicted molar refractivity (Wildman–Crippen MR) is 78.2 cm³/mol. The third-order valence-corrected chi connectivity index (χ3v) is 5.79. The Bertz CT molecular complexity index is 681. The molecule has 0 saturated carbocycles. The van der Waals surface area contributed by atoms with Crippen molar-refractivity contribution in [3.05, 3.63) is 29.3 Å². The highest BCUT2D eigenvalue weighted by atomic mass is 32.2. The van der Waals surface area contributed by atoms with Gasteiger partial charge in [0.25, 0.3) is 0 Å². The number of sulfone groups is 1. The van der Waals surface area contributed by atoms with Gasteiger partial charge in [-0.2, -0.15) is 0 Å². The van der Waals surface area contributed by atoms with Crippen molar-refractivity contribution >= 4 is 27.4 Å². The van der Waals surface area contributed by atoms with Gasteiger partial charge in [-0.25, -0.2) is 13.2 Å². The van der Waals surface area contributed by atoms with Crippen molar-refractivity contribution in [1.82, 2.24) is 0 Å². The molecule has 7 heteroatoms. The summed E-state index contributed by atoms with van der Waals surface area (Å²) in [6.45, 7) is 1.62. The van der Waals surface area contributed by atoms with Gasteiger partial charge in [0.05, 0.1) is 17.0 Å². The summed E-state index contributed by atoms with van der Waals surface area (Å²) in [6, 6.07) is 4.70. The molecule has 1 heterocycles. The van der Waals surface area contributed by atoms with Crippen LogP contribution in [0.2, 0.25) is 0 Å². The van der Waals surface area contributed by atoms with E-state index in [0.29, 0.717) is 18.4 Å². The van der Waals surface area contributed by atoms with Crippen LogP contribution in [0.1, 0.15) is 35.2 Å². The summed E-state index contributed by atoms with van der Waals surface area (Å²) in [7, 11) is -3.45. The monoisotopic (exact) mass is 311 g/mol. The first-order chi connectivity index (χ1) is 9.83. The van der Waals surface area contributed by atoms with Gasteiger partial charge in [0, 0.05) is 0 Å². The van der Waals surface area contributed by atoms with Crippen LogP contribution in [-0.2, 0) is 14.6 Å². The molecule has 1 aromatic carbocycles. The SMILES string of the molecule is Cc1cccc(NC(=O)C2CCCCS2(=O)=O)c1C(=O)O. The first-order valence-electron chi connectivity index (χ1n) is 6.68. The Balaban J connectivity index is 2.28. The fourth-order valence-corrected chi connectivity index (χ4v) is 4.32. The second-order valence-electron chi connectivity index (χ2n) is 5.14. The lowest BCUT2D eigenvalue weighted by Gasteiger charge is -2.22. The molecule has 0 aliphatic carbocycles. The van der Waals surface area contributed by atoms with Crippen molar-refractivity contribution < 1.29 is 23.1 Å². The number of aryl methyl sites for hydroxylation is 1. The van der Waals surface area contributed by atoms with E-state index in [9.17, 15) is 23.1 Å². The van der Waals surface area contributed by atoms with Gasteiger partial charge in [-0.3, -0.25) is 4.79 Å². The minimum atomic E-state index is -3.45. The maximum atomic E-state index is 12.2. The molecule has 1 aliphatic heterocycles. The molecule has 1 aliphatic rings. The lowest BCUT2D eigenvalue weighted by atomic mass is 10.1. The van der Waals surface area contributed by atoms with Crippen LogP contribution in [0.3, 0.4) is 0 Å². The quantitative estimate of drug-likeness (QED) is 0.883. The molecule has 114 valence electrons. The van der Waals surface area contributed by atoms with Gasteiger partial charge in [-0.15, -0.1) is 0 Å². The summed E-state index contributed by atoms with van der Waals surface area (Å²) in [4.78, 5) is 23.4. The molecule has 1 saturated heterocycles. The highest BCUT2D eigenvalue weighted by Gasteiger charge is 2.35. The minimum absolute atomic E-state index is 0.00465. The smallest absolute Gasteiger partial charge is 0.338 e. The predicted octanol–water partition coefficient (Wildman–Crippen LogP) is 1.60. The van der Waals surface area contributed by atoms with E-state index in [-0.39, 0.29) is 23.4 Å². The van der Waals surface area contributed by atoms with Crippen LogP contribution < -0.4 is 5.32 Å². The van der Waals surface area contributed by atoms with E-state index in [4.69, 9.17) is 0 Å². The van der Waals surface area contributed by atoms with Crippen molar-refractivity contribution in [1.29, 1.82) is 0 Å². The largest absolute Gasteiger partial charge is 0.478 e.